The summed E-state index contributed by atoms with van der Waals surface area (Å²) in [6, 6.07) is 15.6. The van der Waals surface area contributed by atoms with Gasteiger partial charge in [0, 0.05) is 30.7 Å². The van der Waals surface area contributed by atoms with Crippen LogP contribution >= 0.6 is 23.4 Å². The molecule has 0 aliphatic heterocycles. The van der Waals surface area contributed by atoms with Crippen LogP contribution in [0.4, 0.5) is 0 Å². The molecule has 0 N–H and O–H groups in total. The Hall–Kier alpha value is -2.31. The Morgan fingerprint density at radius 2 is 1.86 bits per heavy atom. The molecule has 0 fully saturated rings. The fourth-order valence-electron chi connectivity index (χ4n) is 2.89. The van der Waals surface area contributed by atoms with Crippen molar-refractivity contribution >= 4 is 29.3 Å². The van der Waals surface area contributed by atoms with Crippen LogP contribution in [0.2, 0.25) is 5.02 Å². The highest BCUT2D eigenvalue weighted by Gasteiger charge is 2.17. The topological polar surface area (TPSA) is 51.0 Å². The number of thioether (sulfide) groups is 1. The largest absolute Gasteiger partial charge is 0.341 e. The number of carbonyl (C=O) groups is 1. The van der Waals surface area contributed by atoms with Crippen molar-refractivity contribution in [1.82, 2.24) is 19.7 Å². The third-order valence-corrected chi connectivity index (χ3v) is 5.71. The zero-order valence-corrected chi connectivity index (χ0v) is 17.8. The van der Waals surface area contributed by atoms with Gasteiger partial charge in [-0.3, -0.25) is 4.79 Å². The van der Waals surface area contributed by atoms with Crippen molar-refractivity contribution in [3.05, 3.63) is 64.7 Å². The summed E-state index contributed by atoms with van der Waals surface area (Å²) >= 11 is 7.33. The minimum Gasteiger partial charge on any atom is -0.341 e. The highest BCUT2D eigenvalue weighted by Crippen LogP contribution is 2.26. The van der Waals surface area contributed by atoms with E-state index in [1.54, 1.807) is 11.9 Å². The zero-order valence-electron chi connectivity index (χ0n) is 16.2. The number of nitrogens with zero attached hydrogens (tertiary/aromatic N) is 4. The van der Waals surface area contributed by atoms with Gasteiger partial charge in [-0.15, -0.1) is 10.2 Å². The first-order valence-corrected chi connectivity index (χ1v) is 10.5. The van der Waals surface area contributed by atoms with Crippen LogP contribution in [0.25, 0.3) is 11.4 Å². The van der Waals surface area contributed by atoms with Gasteiger partial charge in [0.1, 0.15) is 0 Å². The van der Waals surface area contributed by atoms with Gasteiger partial charge in [0.2, 0.25) is 5.91 Å². The molecule has 0 radical (unpaired) electrons. The maximum Gasteiger partial charge on any atom is 0.233 e. The van der Waals surface area contributed by atoms with Gasteiger partial charge in [0.05, 0.1) is 5.75 Å². The van der Waals surface area contributed by atoms with Gasteiger partial charge in [-0.2, -0.15) is 0 Å². The summed E-state index contributed by atoms with van der Waals surface area (Å²) in [4.78, 5) is 14.3. The van der Waals surface area contributed by atoms with Gasteiger partial charge >= 0.3 is 0 Å². The molecule has 1 amide bonds. The van der Waals surface area contributed by atoms with Crippen LogP contribution in [0.1, 0.15) is 18.1 Å². The number of amides is 1. The van der Waals surface area contributed by atoms with E-state index in [0.29, 0.717) is 17.3 Å². The summed E-state index contributed by atoms with van der Waals surface area (Å²) in [6.07, 6.45) is 0. The summed E-state index contributed by atoms with van der Waals surface area (Å²) in [5.41, 5.74) is 3.26. The van der Waals surface area contributed by atoms with E-state index in [-0.39, 0.29) is 5.91 Å². The predicted octanol–water partition coefficient (Wildman–Crippen LogP) is 4.68. The molecule has 0 atom stereocenters. The van der Waals surface area contributed by atoms with Crippen molar-refractivity contribution in [3.63, 3.8) is 0 Å². The van der Waals surface area contributed by atoms with Crippen molar-refractivity contribution in [3.8, 4) is 11.4 Å². The molecule has 0 aliphatic carbocycles. The lowest BCUT2D eigenvalue weighted by molar-refractivity contribution is -0.127. The van der Waals surface area contributed by atoms with Gasteiger partial charge in [-0.05, 0) is 37.1 Å². The average Bonchev–Trinajstić information content (AvgIpc) is 3.10. The SMILES string of the molecule is CCn1c(SCC(=O)N(C)Cc2ccc(Cl)cc2)nnc1-c1ccccc1C. The van der Waals surface area contributed by atoms with Crippen molar-refractivity contribution in [2.75, 3.05) is 12.8 Å². The molecule has 28 heavy (non-hydrogen) atoms. The molecule has 146 valence electrons. The summed E-state index contributed by atoms with van der Waals surface area (Å²) in [7, 11) is 1.81. The first kappa shape index (κ1) is 20.4. The molecule has 0 saturated carbocycles. The standard InChI is InChI=1S/C21H23ClN4OS/c1-4-26-20(18-8-6-5-7-15(18)2)23-24-21(26)28-14-19(27)25(3)13-16-9-11-17(22)12-10-16/h5-12H,4,13-14H2,1-3H3. The summed E-state index contributed by atoms with van der Waals surface area (Å²) in [6.45, 7) is 5.41. The number of benzene rings is 2. The summed E-state index contributed by atoms with van der Waals surface area (Å²) in [5.74, 6) is 1.20. The quantitative estimate of drug-likeness (QED) is 0.527. The fourth-order valence-corrected chi connectivity index (χ4v) is 3.96. The second kappa shape index (κ2) is 9.26. The number of carbonyl (C=O) groups excluding carboxylic acids is 1. The number of aromatic nitrogens is 3. The normalized spacial score (nSPS) is 10.9. The average molecular weight is 415 g/mol. The van der Waals surface area contributed by atoms with E-state index in [1.165, 1.54) is 11.8 Å². The van der Waals surface area contributed by atoms with E-state index in [1.807, 2.05) is 42.5 Å². The molecular weight excluding hydrogens is 392 g/mol. The van der Waals surface area contributed by atoms with Gasteiger partial charge in [0.15, 0.2) is 11.0 Å². The molecule has 2 aromatic carbocycles. The highest BCUT2D eigenvalue weighted by atomic mass is 35.5. The Morgan fingerprint density at radius 3 is 2.54 bits per heavy atom. The van der Waals surface area contributed by atoms with Crippen LogP contribution in [0, 0.1) is 6.92 Å². The van der Waals surface area contributed by atoms with E-state index in [4.69, 9.17) is 11.6 Å². The Bertz CT molecular complexity index is 955. The van der Waals surface area contributed by atoms with Crippen LogP contribution in [0.3, 0.4) is 0 Å². The highest BCUT2D eigenvalue weighted by molar-refractivity contribution is 7.99. The van der Waals surface area contributed by atoms with Gasteiger partial charge in [-0.1, -0.05) is 59.8 Å². The molecular formula is C21H23ClN4OS. The van der Waals surface area contributed by atoms with Crippen LogP contribution in [0.15, 0.2) is 53.7 Å². The van der Waals surface area contributed by atoms with E-state index in [2.05, 4.69) is 34.7 Å². The van der Waals surface area contributed by atoms with Crippen LogP contribution in [0.5, 0.6) is 0 Å². The van der Waals surface area contributed by atoms with E-state index in [0.717, 1.165) is 34.2 Å². The number of hydrogen-bond acceptors (Lipinski definition) is 4. The lowest BCUT2D eigenvalue weighted by Gasteiger charge is -2.17. The van der Waals surface area contributed by atoms with Crippen LogP contribution < -0.4 is 0 Å². The predicted molar refractivity (Wildman–Crippen MR) is 115 cm³/mol. The molecule has 0 saturated heterocycles. The first-order valence-electron chi connectivity index (χ1n) is 9.10. The molecule has 1 aromatic heterocycles. The van der Waals surface area contributed by atoms with Crippen molar-refractivity contribution in [2.24, 2.45) is 0 Å². The Kier molecular flexibility index (Phi) is 6.75. The van der Waals surface area contributed by atoms with E-state index in [9.17, 15) is 4.79 Å². The van der Waals surface area contributed by atoms with Gasteiger partial charge in [-0.25, -0.2) is 0 Å². The van der Waals surface area contributed by atoms with E-state index >= 15 is 0 Å². The van der Waals surface area contributed by atoms with Crippen molar-refractivity contribution < 1.29 is 4.79 Å². The Balaban J connectivity index is 1.66. The number of rotatable bonds is 7. The molecule has 3 aromatic rings. The lowest BCUT2D eigenvalue weighted by atomic mass is 10.1. The molecule has 0 bridgehead atoms. The maximum atomic E-state index is 12.5. The second-order valence-electron chi connectivity index (χ2n) is 6.53. The van der Waals surface area contributed by atoms with Crippen molar-refractivity contribution in [2.45, 2.75) is 32.1 Å². The third-order valence-electron chi connectivity index (χ3n) is 4.50. The fraction of sp³-hybridized carbons (Fsp3) is 0.286. The van der Waals surface area contributed by atoms with Crippen LogP contribution in [-0.4, -0.2) is 38.4 Å². The zero-order chi connectivity index (χ0) is 20.1. The molecule has 1 heterocycles. The second-order valence-corrected chi connectivity index (χ2v) is 7.91. The van der Waals surface area contributed by atoms with Gasteiger partial charge in [0.25, 0.3) is 0 Å². The molecule has 7 heteroatoms. The smallest absolute Gasteiger partial charge is 0.233 e. The number of hydrogen-bond donors (Lipinski definition) is 0. The Labute approximate surface area is 174 Å². The monoisotopic (exact) mass is 414 g/mol. The summed E-state index contributed by atoms with van der Waals surface area (Å²) in [5, 5.41) is 10.1. The number of halogens is 1. The van der Waals surface area contributed by atoms with Crippen LogP contribution in [-0.2, 0) is 17.9 Å². The van der Waals surface area contributed by atoms with Crippen molar-refractivity contribution in [1.29, 1.82) is 0 Å². The maximum absolute atomic E-state index is 12.5. The number of aryl methyl sites for hydroxylation is 1. The third kappa shape index (κ3) is 4.75. The van der Waals surface area contributed by atoms with Gasteiger partial charge < -0.3 is 9.47 Å². The lowest BCUT2D eigenvalue weighted by Crippen LogP contribution is -2.27. The Morgan fingerprint density at radius 1 is 1.14 bits per heavy atom. The molecule has 3 rings (SSSR count). The first-order chi connectivity index (χ1) is 13.5. The minimum absolute atomic E-state index is 0.0445. The molecule has 0 spiro atoms. The molecule has 5 nitrogen and oxygen atoms in total. The molecule has 0 unspecified atom stereocenters. The van der Waals surface area contributed by atoms with E-state index < -0.39 is 0 Å². The summed E-state index contributed by atoms with van der Waals surface area (Å²) < 4.78 is 2.06. The minimum atomic E-state index is 0.0445. The molecule has 0 aliphatic rings.